The van der Waals surface area contributed by atoms with E-state index in [1.54, 1.807) is 0 Å². The Bertz CT molecular complexity index is 221. The molecule has 0 heterocycles. The highest BCUT2D eigenvalue weighted by Crippen LogP contribution is 2.04. The Labute approximate surface area is 64.3 Å². The molecule has 0 fully saturated rings. The van der Waals surface area contributed by atoms with Crippen LogP contribution < -0.4 is 5.73 Å². The van der Waals surface area contributed by atoms with Crippen molar-refractivity contribution < 1.29 is 13.2 Å². The molecule has 0 saturated heterocycles. The molecule has 2 N–H and O–H groups in total. The van der Waals surface area contributed by atoms with Crippen molar-refractivity contribution in [3.05, 3.63) is 0 Å². The Hall–Kier alpha value is -0.290. The number of primary amides is 1. The van der Waals surface area contributed by atoms with Gasteiger partial charge in [0, 0.05) is 0 Å². The number of carbonyl (C=O) groups is 1. The smallest absolute Gasteiger partial charge is 0.232 e. The summed E-state index contributed by atoms with van der Waals surface area (Å²) in [6.07, 6.45) is 0. The van der Waals surface area contributed by atoms with Crippen LogP contribution in [0.1, 0.15) is 6.92 Å². The number of hydrogen-bond acceptors (Lipinski definition) is 3. The summed E-state index contributed by atoms with van der Waals surface area (Å²) in [7, 11) is -3.51. The molecule has 0 spiro atoms. The lowest BCUT2D eigenvalue weighted by atomic mass is 10.8. The molecule has 4 nitrogen and oxygen atoms in total. The highest BCUT2D eigenvalue weighted by atomic mass is 35.5. The van der Waals surface area contributed by atoms with Gasteiger partial charge in [0.2, 0.25) is 5.91 Å². The minimum atomic E-state index is -3.51. The molecule has 0 aliphatic rings. The van der Waals surface area contributed by atoms with E-state index < -0.39 is 26.2 Å². The quantitative estimate of drug-likeness (QED) is 0.601. The van der Waals surface area contributed by atoms with Crippen LogP contribution in [-0.2, 0) is 14.6 Å². The normalized spacial score (nSPS) is 14.6. The van der Waals surface area contributed by atoms with Gasteiger partial charge in [-0.1, -0.05) is 0 Å². The van der Waals surface area contributed by atoms with Gasteiger partial charge < -0.3 is 5.73 Å². The van der Waals surface area contributed by atoms with E-state index >= 15 is 0 Å². The van der Waals surface area contributed by atoms with E-state index in [1.165, 1.54) is 6.92 Å². The number of halogens is 1. The van der Waals surface area contributed by atoms with Crippen LogP contribution in [0.5, 0.6) is 0 Å². The number of carbonyl (C=O) groups excluding carboxylic acids is 1. The molecule has 0 radical (unpaired) electrons. The van der Waals surface area contributed by atoms with Crippen molar-refractivity contribution in [1.82, 2.24) is 0 Å². The molecule has 10 heavy (non-hydrogen) atoms. The maximum atomic E-state index is 10.7. The zero-order chi connectivity index (χ0) is 8.36. The monoisotopic (exact) mass is 185 g/mol. The average Bonchev–Trinajstić information content (AvgIpc) is 1.60. The fraction of sp³-hybridized carbons (Fsp3) is 0.750. The second kappa shape index (κ2) is 3.21. The van der Waals surface area contributed by atoms with E-state index in [0.29, 0.717) is 0 Å². The first-order valence-electron chi connectivity index (χ1n) is 2.50. The number of amides is 1. The summed E-state index contributed by atoms with van der Waals surface area (Å²) in [5.41, 5.74) is 4.64. The second-order valence-corrected chi connectivity index (χ2v) is 5.05. The van der Waals surface area contributed by atoms with Crippen LogP contribution in [0.4, 0.5) is 0 Å². The summed E-state index contributed by atoms with van der Waals surface area (Å²) in [5.74, 6) is -1.56. The molecule has 1 atom stereocenters. The van der Waals surface area contributed by atoms with Crippen molar-refractivity contribution in [1.29, 1.82) is 0 Å². The van der Waals surface area contributed by atoms with Gasteiger partial charge in [-0.2, -0.15) is 0 Å². The van der Waals surface area contributed by atoms with Gasteiger partial charge in [-0.25, -0.2) is 8.42 Å². The Kier molecular flexibility index (Phi) is 3.11. The van der Waals surface area contributed by atoms with Crippen LogP contribution in [0, 0.1) is 0 Å². The molecule has 0 bridgehead atoms. The first-order chi connectivity index (χ1) is 4.36. The Morgan fingerprint density at radius 1 is 1.70 bits per heavy atom. The lowest BCUT2D eigenvalue weighted by Gasteiger charge is -2.01. The summed E-state index contributed by atoms with van der Waals surface area (Å²) < 4.78 is 20.4. The molecule has 0 aromatic rings. The molecule has 0 aromatic heterocycles. The number of sulfone groups is 1. The van der Waals surface area contributed by atoms with Crippen molar-refractivity contribution >= 4 is 27.3 Å². The van der Waals surface area contributed by atoms with Gasteiger partial charge >= 0.3 is 0 Å². The van der Waals surface area contributed by atoms with E-state index in [2.05, 4.69) is 5.73 Å². The van der Waals surface area contributed by atoms with Crippen molar-refractivity contribution in [2.24, 2.45) is 5.73 Å². The van der Waals surface area contributed by atoms with Gasteiger partial charge in [0.05, 0.1) is 0 Å². The van der Waals surface area contributed by atoms with Crippen LogP contribution in [0.3, 0.4) is 0 Å². The number of rotatable bonds is 3. The second-order valence-electron chi connectivity index (χ2n) is 1.82. The third kappa shape index (κ3) is 3.03. The lowest BCUT2D eigenvalue weighted by Crippen LogP contribution is -2.27. The Morgan fingerprint density at radius 2 is 2.10 bits per heavy atom. The third-order valence-electron chi connectivity index (χ3n) is 0.838. The summed E-state index contributed by atoms with van der Waals surface area (Å²) in [5, 5.41) is 0. The summed E-state index contributed by atoms with van der Waals surface area (Å²) in [6, 6.07) is 0. The zero-order valence-electron chi connectivity index (χ0n) is 5.37. The van der Waals surface area contributed by atoms with Crippen molar-refractivity contribution in [2.45, 2.75) is 11.6 Å². The Balaban J connectivity index is 4.31. The Morgan fingerprint density at radius 3 is 2.20 bits per heavy atom. The van der Waals surface area contributed by atoms with Crippen LogP contribution in [-0.4, -0.2) is 24.8 Å². The van der Waals surface area contributed by atoms with Crippen LogP contribution in [0.15, 0.2) is 0 Å². The van der Waals surface area contributed by atoms with Crippen LogP contribution >= 0.6 is 11.6 Å². The van der Waals surface area contributed by atoms with Gasteiger partial charge in [-0.05, 0) is 6.92 Å². The van der Waals surface area contributed by atoms with E-state index in [-0.39, 0.29) is 0 Å². The van der Waals surface area contributed by atoms with E-state index in [9.17, 15) is 13.2 Å². The average molecular weight is 186 g/mol. The molecule has 6 heteroatoms. The van der Waals surface area contributed by atoms with E-state index in [0.717, 1.165) is 0 Å². The van der Waals surface area contributed by atoms with Crippen molar-refractivity contribution in [3.63, 3.8) is 0 Å². The van der Waals surface area contributed by atoms with Gasteiger partial charge in [0.15, 0.2) is 9.84 Å². The van der Waals surface area contributed by atoms with Gasteiger partial charge in [0.25, 0.3) is 0 Å². The molecule has 1 unspecified atom stereocenters. The van der Waals surface area contributed by atoms with E-state index in [1.807, 2.05) is 0 Å². The minimum absolute atomic E-state index is 0.683. The van der Waals surface area contributed by atoms with Gasteiger partial charge in [-0.3, -0.25) is 4.79 Å². The summed E-state index contributed by atoms with van der Waals surface area (Å²) >= 11 is 5.22. The largest absolute Gasteiger partial charge is 0.369 e. The fourth-order valence-corrected chi connectivity index (χ4v) is 1.13. The molecule has 0 aromatic carbocycles. The minimum Gasteiger partial charge on any atom is -0.369 e. The van der Waals surface area contributed by atoms with Crippen molar-refractivity contribution in [3.8, 4) is 0 Å². The van der Waals surface area contributed by atoms with Gasteiger partial charge in [0.1, 0.15) is 10.5 Å². The molecule has 0 aliphatic heterocycles. The number of nitrogens with two attached hydrogens (primary N) is 1. The molecule has 0 saturated carbocycles. The standard InChI is InChI=1S/C4H8ClNO3S/c1-3(5)10(8,9)2-4(6)7/h3H,2H2,1H3,(H2,6,7). The van der Waals surface area contributed by atoms with Gasteiger partial charge in [-0.15, -0.1) is 11.6 Å². The maximum absolute atomic E-state index is 10.7. The molecule has 0 rings (SSSR count). The first kappa shape index (κ1) is 9.71. The van der Waals surface area contributed by atoms with E-state index in [4.69, 9.17) is 11.6 Å². The highest BCUT2D eigenvalue weighted by Gasteiger charge is 2.20. The first-order valence-corrected chi connectivity index (χ1v) is 4.65. The SMILES string of the molecule is CC(Cl)S(=O)(=O)CC(N)=O. The predicted molar refractivity (Wildman–Crippen MR) is 38.3 cm³/mol. The fourth-order valence-electron chi connectivity index (χ4n) is 0.313. The third-order valence-corrected chi connectivity index (χ3v) is 3.33. The zero-order valence-corrected chi connectivity index (χ0v) is 6.95. The molecule has 0 aliphatic carbocycles. The summed E-state index contributed by atoms with van der Waals surface area (Å²) in [4.78, 5) is 10.1. The highest BCUT2D eigenvalue weighted by molar-refractivity contribution is 7.93. The lowest BCUT2D eigenvalue weighted by molar-refractivity contribution is -0.115. The predicted octanol–water partition coefficient (Wildman–Crippen LogP) is -0.529. The maximum Gasteiger partial charge on any atom is 0.232 e. The summed E-state index contributed by atoms with van der Waals surface area (Å²) in [6.45, 7) is 1.28. The number of hydrogen-bond donors (Lipinski definition) is 1. The van der Waals surface area contributed by atoms with Crippen LogP contribution in [0.25, 0.3) is 0 Å². The molecular weight excluding hydrogens is 178 g/mol. The molecule has 60 valence electrons. The topological polar surface area (TPSA) is 77.2 Å². The molecule has 1 amide bonds. The van der Waals surface area contributed by atoms with Crippen molar-refractivity contribution in [2.75, 3.05) is 5.75 Å². The molecular formula is C4H8ClNO3S. The van der Waals surface area contributed by atoms with Crippen LogP contribution in [0.2, 0.25) is 0 Å². The number of alkyl halides is 1.